The summed E-state index contributed by atoms with van der Waals surface area (Å²) in [6.07, 6.45) is 8.69. The summed E-state index contributed by atoms with van der Waals surface area (Å²) in [5.74, 6) is 1.88. The lowest BCUT2D eigenvalue weighted by atomic mass is 9.78. The molecule has 0 N–H and O–H groups in total. The molecule has 0 aromatic heterocycles. The van der Waals surface area contributed by atoms with E-state index in [4.69, 9.17) is 0 Å². The Hall–Kier alpha value is -0.550. The summed E-state index contributed by atoms with van der Waals surface area (Å²) in [7, 11) is 0. The van der Waals surface area contributed by atoms with E-state index >= 15 is 0 Å². The summed E-state index contributed by atoms with van der Waals surface area (Å²) in [6, 6.07) is 0. The molecule has 0 spiro atoms. The van der Waals surface area contributed by atoms with E-state index in [2.05, 4.69) is 20.8 Å². The molecule has 0 aliphatic carbocycles. The van der Waals surface area contributed by atoms with E-state index < -0.39 is 0 Å². The number of carbonyl (C=O) groups excluding carboxylic acids is 1. The smallest absolute Gasteiger partial charge is 0.120 e. The molecule has 76 valence electrons. The van der Waals surface area contributed by atoms with Gasteiger partial charge in [-0.3, -0.25) is 0 Å². The highest BCUT2D eigenvalue weighted by Crippen LogP contribution is 2.33. The van der Waals surface area contributed by atoms with Gasteiger partial charge in [-0.2, -0.15) is 0 Å². The van der Waals surface area contributed by atoms with Gasteiger partial charge in [0, 0.05) is 6.08 Å². The van der Waals surface area contributed by atoms with Crippen LogP contribution in [-0.2, 0) is 4.79 Å². The van der Waals surface area contributed by atoms with Crippen molar-refractivity contribution in [1.82, 2.24) is 0 Å². The van der Waals surface area contributed by atoms with Crippen molar-refractivity contribution in [2.24, 2.45) is 5.41 Å². The molecule has 1 nitrogen and oxygen atoms in total. The summed E-state index contributed by atoms with van der Waals surface area (Å²) in [5, 5.41) is 0. The molecule has 1 atom stereocenters. The molecular weight excluding hydrogens is 160 g/mol. The van der Waals surface area contributed by atoms with Gasteiger partial charge in [0.25, 0.3) is 0 Å². The monoisotopic (exact) mass is 182 g/mol. The van der Waals surface area contributed by atoms with Gasteiger partial charge in [0.1, 0.15) is 5.94 Å². The maximum absolute atomic E-state index is 10.1. The average molecular weight is 182 g/mol. The molecule has 0 amide bonds. The van der Waals surface area contributed by atoms with Crippen molar-refractivity contribution in [3.63, 3.8) is 0 Å². The standard InChI is InChI=1S/C12H22O/c1-4-6-9-12(3,8-5-2)10-7-11-13/h7H,4-6,8-10H2,1-3H3. The molecule has 1 heteroatoms. The summed E-state index contributed by atoms with van der Waals surface area (Å²) in [6.45, 7) is 6.69. The Kier molecular flexibility index (Phi) is 6.62. The second-order valence-corrected chi connectivity index (χ2v) is 4.19. The maximum Gasteiger partial charge on any atom is 0.120 e. The van der Waals surface area contributed by atoms with Crippen molar-refractivity contribution >= 4 is 5.94 Å². The predicted molar refractivity (Wildman–Crippen MR) is 57.4 cm³/mol. The van der Waals surface area contributed by atoms with Crippen LogP contribution >= 0.6 is 0 Å². The van der Waals surface area contributed by atoms with Crippen LogP contribution in [0.2, 0.25) is 0 Å². The molecule has 0 rings (SSSR count). The van der Waals surface area contributed by atoms with Gasteiger partial charge in [-0.15, -0.1) is 0 Å². The van der Waals surface area contributed by atoms with Gasteiger partial charge in [-0.1, -0.05) is 40.0 Å². The Morgan fingerprint density at radius 2 is 1.92 bits per heavy atom. The number of unbranched alkanes of at least 4 members (excludes halogenated alkanes) is 1. The number of hydrogen-bond acceptors (Lipinski definition) is 1. The first kappa shape index (κ1) is 12.4. The van der Waals surface area contributed by atoms with E-state index in [0.29, 0.717) is 5.41 Å². The van der Waals surface area contributed by atoms with Gasteiger partial charge in [-0.25, -0.2) is 4.79 Å². The zero-order valence-electron chi connectivity index (χ0n) is 9.23. The van der Waals surface area contributed by atoms with Crippen LogP contribution in [0, 0.1) is 5.41 Å². The van der Waals surface area contributed by atoms with E-state index in [9.17, 15) is 4.79 Å². The van der Waals surface area contributed by atoms with E-state index in [0.717, 1.165) is 6.42 Å². The molecule has 0 bridgehead atoms. The van der Waals surface area contributed by atoms with Crippen molar-refractivity contribution in [3.8, 4) is 0 Å². The lowest BCUT2D eigenvalue weighted by Crippen LogP contribution is -2.15. The fourth-order valence-corrected chi connectivity index (χ4v) is 1.82. The van der Waals surface area contributed by atoms with Crippen molar-refractivity contribution in [2.45, 2.75) is 59.3 Å². The normalized spacial score (nSPS) is 14.7. The zero-order chi connectivity index (χ0) is 10.2. The van der Waals surface area contributed by atoms with Crippen LogP contribution in [0.3, 0.4) is 0 Å². The van der Waals surface area contributed by atoms with E-state index in [-0.39, 0.29) is 0 Å². The topological polar surface area (TPSA) is 17.1 Å². The molecule has 13 heavy (non-hydrogen) atoms. The molecule has 0 fully saturated rings. The number of allylic oxidation sites excluding steroid dienone is 1. The second kappa shape index (κ2) is 6.91. The maximum atomic E-state index is 10.1. The largest absolute Gasteiger partial charge is 0.234 e. The summed E-state index contributed by atoms with van der Waals surface area (Å²) in [4.78, 5) is 10.1. The molecule has 0 heterocycles. The van der Waals surface area contributed by atoms with Crippen LogP contribution < -0.4 is 0 Å². The Balaban J connectivity index is 4.05. The van der Waals surface area contributed by atoms with Gasteiger partial charge in [0.2, 0.25) is 0 Å². The molecule has 1 unspecified atom stereocenters. The van der Waals surface area contributed by atoms with E-state index in [1.807, 2.05) is 5.94 Å². The lowest BCUT2D eigenvalue weighted by Gasteiger charge is -2.27. The fraction of sp³-hybridized carbons (Fsp3) is 0.833. The SMILES string of the molecule is CCCCC(C)(CC=C=O)CCC. The van der Waals surface area contributed by atoms with Gasteiger partial charge >= 0.3 is 0 Å². The van der Waals surface area contributed by atoms with Gasteiger partial charge in [0.15, 0.2) is 0 Å². The minimum absolute atomic E-state index is 0.335. The molecule has 0 saturated carbocycles. The molecule has 0 radical (unpaired) electrons. The highest BCUT2D eigenvalue weighted by atomic mass is 16.1. The third kappa shape index (κ3) is 5.65. The molecule has 0 aliphatic heterocycles. The van der Waals surface area contributed by atoms with Crippen LogP contribution in [0.4, 0.5) is 0 Å². The van der Waals surface area contributed by atoms with Gasteiger partial charge < -0.3 is 0 Å². The van der Waals surface area contributed by atoms with Crippen molar-refractivity contribution in [2.75, 3.05) is 0 Å². The zero-order valence-corrected chi connectivity index (χ0v) is 9.23. The first-order chi connectivity index (χ1) is 6.18. The quantitative estimate of drug-likeness (QED) is 0.548. The Morgan fingerprint density at radius 3 is 2.38 bits per heavy atom. The Morgan fingerprint density at radius 1 is 1.23 bits per heavy atom. The average Bonchev–Trinajstić information content (AvgIpc) is 2.12. The van der Waals surface area contributed by atoms with Crippen LogP contribution in [-0.4, -0.2) is 5.94 Å². The van der Waals surface area contributed by atoms with Crippen LogP contribution in [0.1, 0.15) is 59.3 Å². The molecule has 0 aromatic rings. The van der Waals surface area contributed by atoms with Crippen molar-refractivity contribution in [3.05, 3.63) is 6.08 Å². The third-order valence-corrected chi connectivity index (χ3v) is 2.67. The Labute approximate surface area is 82.2 Å². The molecule has 0 aliphatic rings. The van der Waals surface area contributed by atoms with Crippen LogP contribution in [0.5, 0.6) is 0 Å². The summed E-state index contributed by atoms with van der Waals surface area (Å²) in [5.41, 5.74) is 0.335. The fourth-order valence-electron chi connectivity index (χ4n) is 1.82. The van der Waals surface area contributed by atoms with E-state index in [1.54, 1.807) is 6.08 Å². The highest BCUT2D eigenvalue weighted by molar-refractivity contribution is 5.44. The molecule has 0 saturated heterocycles. The van der Waals surface area contributed by atoms with Gasteiger partial charge in [-0.05, 0) is 24.7 Å². The van der Waals surface area contributed by atoms with Crippen LogP contribution in [0.15, 0.2) is 6.08 Å². The highest BCUT2D eigenvalue weighted by Gasteiger charge is 2.20. The first-order valence-corrected chi connectivity index (χ1v) is 5.38. The summed E-state index contributed by atoms with van der Waals surface area (Å²) >= 11 is 0. The third-order valence-electron chi connectivity index (χ3n) is 2.67. The Bertz CT molecular complexity index is 168. The van der Waals surface area contributed by atoms with Crippen molar-refractivity contribution < 1.29 is 4.79 Å². The minimum atomic E-state index is 0.335. The molecule has 0 aromatic carbocycles. The van der Waals surface area contributed by atoms with Crippen LogP contribution in [0.25, 0.3) is 0 Å². The number of hydrogen-bond donors (Lipinski definition) is 0. The first-order valence-electron chi connectivity index (χ1n) is 5.38. The predicted octanol–water partition coefficient (Wildman–Crippen LogP) is 3.76. The number of rotatable bonds is 7. The molecular formula is C12H22O. The lowest BCUT2D eigenvalue weighted by molar-refractivity contribution is 0.264. The van der Waals surface area contributed by atoms with E-state index in [1.165, 1.54) is 32.1 Å². The second-order valence-electron chi connectivity index (χ2n) is 4.19. The van der Waals surface area contributed by atoms with Gasteiger partial charge in [0.05, 0.1) is 0 Å². The van der Waals surface area contributed by atoms with Crippen molar-refractivity contribution in [1.29, 1.82) is 0 Å². The summed E-state index contributed by atoms with van der Waals surface area (Å²) < 4.78 is 0. The minimum Gasteiger partial charge on any atom is -0.234 e.